The molecule has 0 radical (unpaired) electrons. The summed E-state index contributed by atoms with van der Waals surface area (Å²) in [7, 11) is 1.69. The van der Waals surface area contributed by atoms with Crippen molar-refractivity contribution in [2.45, 2.75) is 27.4 Å². The number of fused-ring (bicyclic) bond motifs is 1. The molecule has 0 aliphatic carbocycles. The third kappa shape index (κ3) is 6.12. The van der Waals surface area contributed by atoms with E-state index in [1.54, 1.807) is 42.6 Å². The number of hydrogen-bond acceptors (Lipinski definition) is 7. The van der Waals surface area contributed by atoms with Gasteiger partial charge in [0.15, 0.2) is 0 Å². The Bertz CT molecular complexity index is 1520. The Kier molecular flexibility index (Phi) is 7.96. The third-order valence-electron chi connectivity index (χ3n) is 6.22. The van der Waals surface area contributed by atoms with Gasteiger partial charge in [-0.25, -0.2) is 9.97 Å². The van der Waals surface area contributed by atoms with Crippen LogP contribution < -0.4 is 20.7 Å². The highest BCUT2D eigenvalue weighted by atomic mass is 16.5. The van der Waals surface area contributed by atoms with E-state index in [1.807, 2.05) is 51.1 Å². The average Bonchev–Trinajstić information content (AvgIpc) is 2.91. The summed E-state index contributed by atoms with van der Waals surface area (Å²) in [5.41, 5.74) is 12.3. The monoisotopic (exact) mass is 510 g/mol. The lowest BCUT2D eigenvalue weighted by Crippen LogP contribution is -2.38. The van der Waals surface area contributed by atoms with E-state index in [0.717, 1.165) is 39.2 Å². The van der Waals surface area contributed by atoms with Gasteiger partial charge in [-0.3, -0.25) is 14.6 Å². The lowest BCUT2D eigenvalue weighted by atomic mass is 10.0. The molecule has 2 aromatic heterocycles. The zero-order valence-corrected chi connectivity index (χ0v) is 21.9. The summed E-state index contributed by atoms with van der Waals surface area (Å²) in [5.74, 6) is 0.420. The highest BCUT2D eigenvalue weighted by molar-refractivity contribution is 5.99. The number of nitrogens with zero attached hydrogens (tertiary/aromatic N) is 4. The van der Waals surface area contributed by atoms with Gasteiger partial charge in [-0.15, -0.1) is 0 Å². The molecule has 4 rings (SSSR count). The number of anilines is 2. The van der Waals surface area contributed by atoms with Crippen molar-refractivity contribution in [1.82, 2.24) is 20.3 Å². The van der Waals surface area contributed by atoms with Crippen LogP contribution in [-0.4, -0.2) is 40.4 Å². The molecule has 0 atom stereocenters. The average molecular weight is 511 g/mol. The van der Waals surface area contributed by atoms with E-state index in [-0.39, 0.29) is 18.4 Å². The number of nitrogens with two attached hydrogens (primary N) is 1. The van der Waals surface area contributed by atoms with E-state index >= 15 is 0 Å². The fourth-order valence-electron chi connectivity index (χ4n) is 3.99. The molecule has 0 saturated carbocycles. The lowest BCUT2D eigenvalue weighted by Gasteiger charge is -2.23. The first-order chi connectivity index (χ1) is 18.2. The van der Waals surface area contributed by atoms with Crippen LogP contribution >= 0.6 is 0 Å². The second kappa shape index (κ2) is 11.5. The first kappa shape index (κ1) is 26.3. The molecule has 0 saturated heterocycles. The predicted molar refractivity (Wildman–Crippen MR) is 149 cm³/mol. The standard InChI is InChI=1S/C29H30N6O3/c1-18-8-11-24(35(4)28(37)16-33-27(36)13-10-21-9-12-26(30)32-15-21)20(3)22(18)17-38-25-7-5-6-23-29(25)34-19(2)14-31-23/h5-15H,16-17H2,1-4H3,(H2,30,32)(H,33,36). The van der Waals surface area contributed by atoms with Crippen molar-refractivity contribution in [1.29, 1.82) is 0 Å². The van der Waals surface area contributed by atoms with Gasteiger partial charge in [-0.1, -0.05) is 12.1 Å². The summed E-state index contributed by atoms with van der Waals surface area (Å²) < 4.78 is 6.18. The van der Waals surface area contributed by atoms with Crippen molar-refractivity contribution in [3.63, 3.8) is 0 Å². The largest absolute Gasteiger partial charge is 0.487 e. The Hall–Kier alpha value is -4.79. The number of pyridine rings is 1. The number of benzene rings is 2. The molecule has 2 aromatic carbocycles. The molecule has 0 spiro atoms. The van der Waals surface area contributed by atoms with Gasteiger partial charge in [0.25, 0.3) is 0 Å². The number of rotatable bonds is 8. The molecule has 38 heavy (non-hydrogen) atoms. The van der Waals surface area contributed by atoms with E-state index in [0.29, 0.717) is 23.7 Å². The lowest BCUT2D eigenvalue weighted by molar-refractivity contribution is -0.122. The van der Waals surface area contributed by atoms with Crippen molar-refractivity contribution in [2.75, 3.05) is 24.2 Å². The molecule has 0 aliphatic rings. The van der Waals surface area contributed by atoms with Crippen molar-refractivity contribution >= 4 is 40.4 Å². The first-order valence-corrected chi connectivity index (χ1v) is 12.1. The minimum atomic E-state index is -0.383. The Morgan fingerprint density at radius 1 is 1.05 bits per heavy atom. The minimum Gasteiger partial charge on any atom is -0.487 e. The number of ether oxygens (including phenoxy) is 1. The van der Waals surface area contributed by atoms with Crippen molar-refractivity contribution < 1.29 is 14.3 Å². The Balaban J connectivity index is 1.42. The molecule has 2 amide bonds. The van der Waals surface area contributed by atoms with Crippen LogP contribution in [-0.2, 0) is 16.2 Å². The zero-order chi connectivity index (χ0) is 27.2. The highest BCUT2D eigenvalue weighted by Crippen LogP contribution is 2.28. The van der Waals surface area contributed by atoms with Crippen LogP contribution in [0.15, 0.2) is 60.9 Å². The summed E-state index contributed by atoms with van der Waals surface area (Å²) in [5, 5.41) is 2.63. The van der Waals surface area contributed by atoms with Crippen LogP contribution in [0.25, 0.3) is 17.1 Å². The molecule has 2 heterocycles. The number of hydrogen-bond donors (Lipinski definition) is 2. The quantitative estimate of drug-likeness (QED) is 0.345. The fourth-order valence-corrected chi connectivity index (χ4v) is 3.99. The summed E-state index contributed by atoms with van der Waals surface area (Å²) in [4.78, 5) is 39.6. The summed E-state index contributed by atoms with van der Waals surface area (Å²) in [6.45, 7) is 6.02. The van der Waals surface area contributed by atoms with Crippen LogP contribution in [0.3, 0.4) is 0 Å². The minimum absolute atomic E-state index is 0.146. The molecule has 4 aromatic rings. The van der Waals surface area contributed by atoms with Gasteiger partial charge in [0.1, 0.15) is 23.7 Å². The summed E-state index contributed by atoms with van der Waals surface area (Å²) in [6.07, 6.45) is 6.25. The van der Waals surface area contributed by atoms with Crippen LogP contribution in [0.4, 0.5) is 11.5 Å². The molecule has 3 N–H and O–H groups in total. The number of carbonyl (C=O) groups is 2. The van der Waals surface area contributed by atoms with Crippen LogP contribution in [0.1, 0.15) is 27.9 Å². The molecular formula is C29H30N6O3. The number of amides is 2. The second-order valence-corrected chi connectivity index (χ2v) is 8.95. The topological polar surface area (TPSA) is 123 Å². The number of likely N-dealkylation sites (N-methyl/N-ethyl adjacent to an activating group) is 1. The van der Waals surface area contributed by atoms with Gasteiger partial charge in [-0.2, -0.15) is 0 Å². The molecular weight excluding hydrogens is 480 g/mol. The summed E-state index contributed by atoms with van der Waals surface area (Å²) in [6, 6.07) is 12.9. The van der Waals surface area contributed by atoms with Crippen molar-refractivity contribution in [3.8, 4) is 5.75 Å². The Morgan fingerprint density at radius 2 is 1.87 bits per heavy atom. The van der Waals surface area contributed by atoms with Crippen LogP contribution in [0.5, 0.6) is 5.75 Å². The van der Waals surface area contributed by atoms with Gasteiger partial charge in [0.2, 0.25) is 11.8 Å². The third-order valence-corrected chi connectivity index (χ3v) is 6.22. The van der Waals surface area contributed by atoms with Crippen molar-refractivity contribution in [2.24, 2.45) is 0 Å². The van der Waals surface area contributed by atoms with Crippen molar-refractivity contribution in [3.05, 3.63) is 88.9 Å². The maximum atomic E-state index is 12.9. The second-order valence-electron chi connectivity index (χ2n) is 8.95. The SMILES string of the molecule is Cc1cnc2cccc(OCc3c(C)ccc(N(C)C(=O)CNC(=O)C=Cc4ccc(N)nc4)c3C)c2n1. The molecule has 9 heteroatoms. The maximum Gasteiger partial charge on any atom is 0.246 e. The molecule has 194 valence electrons. The molecule has 0 bridgehead atoms. The number of carbonyl (C=O) groups excluding carboxylic acids is 2. The van der Waals surface area contributed by atoms with E-state index < -0.39 is 0 Å². The van der Waals surface area contributed by atoms with Crippen LogP contribution in [0, 0.1) is 20.8 Å². The number of aromatic nitrogens is 3. The van der Waals surface area contributed by atoms with E-state index in [2.05, 4.69) is 20.3 Å². The van der Waals surface area contributed by atoms with Gasteiger partial charge in [-0.05, 0) is 79.4 Å². The van der Waals surface area contributed by atoms with Gasteiger partial charge < -0.3 is 20.7 Å². The fraction of sp³-hybridized carbons (Fsp3) is 0.207. The highest BCUT2D eigenvalue weighted by Gasteiger charge is 2.17. The molecule has 9 nitrogen and oxygen atoms in total. The molecule has 0 aliphatic heterocycles. The summed E-state index contributed by atoms with van der Waals surface area (Å²) >= 11 is 0. The Labute approximate surface area is 221 Å². The molecule has 0 unspecified atom stereocenters. The van der Waals surface area contributed by atoms with Gasteiger partial charge >= 0.3 is 0 Å². The normalized spacial score (nSPS) is 11.1. The van der Waals surface area contributed by atoms with E-state index in [9.17, 15) is 9.59 Å². The van der Waals surface area contributed by atoms with Gasteiger partial charge in [0.05, 0.1) is 17.8 Å². The zero-order valence-electron chi connectivity index (χ0n) is 21.9. The van der Waals surface area contributed by atoms with Gasteiger partial charge in [0, 0.05) is 31.2 Å². The maximum absolute atomic E-state index is 12.9. The number of aryl methyl sites for hydroxylation is 2. The number of para-hydroxylation sites is 1. The number of nitrogens with one attached hydrogen (secondary N) is 1. The van der Waals surface area contributed by atoms with E-state index in [4.69, 9.17) is 10.5 Å². The Morgan fingerprint density at radius 3 is 2.63 bits per heavy atom. The number of nitrogen functional groups attached to an aromatic ring is 1. The smallest absolute Gasteiger partial charge is 0.246 e. The van der Waals surface area contributed by atoms with Crippen LogP contribution in [0.2, 0.25) is 0 Å². The predicted octanol–water partition coefficient (Wildman–Crippen LogP) is 3.90. The molecule has 0 fully saturated rings. The van der Waals surface area contributed by atoms with E-state index in [1.165, 1.54) is 6.08 Å². The first-order valence-electron chi connectivity index (χ1n) is 12.1.